The summed E-state index contributed by atoms with van der Waals surface area (Å²) in [6, 6.07) is 16.7. The number of piperidine rings is 1. The van der Waals surface area contributed by atoms with Crippen LogP contribution in [0.15, 0.2) is 54.6 Å². The zero-order valence-electron chi connectivity index (χ0n) is 20.4. The molecule has 1 aromatic heterocycles. The van der Waals surface area contributed by atoms with Crippen molar-refractivity contribution in [1.82, 2.24) is 20.7 Å². The van der Waals surface area contributed by atoms with E-state index in [1.807, 2.05) is 37.3 Å². The molecule has 1 aliphatic heterocycles. The molecule has 0 spiro atoms. The summed E-state index contributed by atoms with van der Waals surface area (Å²) in [4.78, 5) is 32.1. The van der Waals surface area contributed by atoms with Gasteiger partial charge in [0.2, 0.25) is 5.91 Å². The Hall–Kier alpha value is -3.49. The van der Waals surface area contributed by atoms with Gasteiger partial charge in [0.15, 0.2) is 0 Å². The SMILES string of the molecule is Cc1cc(COc2ccc(C(=O)N[C@@H]3CCN(CC4CC4)CC3C(=O)NO)cc2)c2ccccc2n1. The number of aromatic nitrogens is 1. The first kappa shape index (κ1) is 24.2. The van der Waals surface area contributed by atoms with E-state index in [0.717, 1.165) is 41.2 Å². The molecule has 1 aliphatic carbocycles. The maximum absolute atomic E-state index is 12.9. The van der Waals surface area contributed by atoms with Crippen molar-refractivity contribution < 1.29 is 19.5 Å². The molecule has 8 heteroatoms. The fraction of sp³-hybridized carbons (Fsp3) is 0.393. The molecule has 2 heterocycles. The molecular weight excluding hydrogens is 456 g/mol. The molecule has 0 bridgehead atoms. The molecule has 3 aromatic rings. The lowest BCUT2D eigenvalue weighted by Crippen LogP contribution is -2.55. The Morgan fingerprint density at radius 1 is 1.11 bits per heavy atom. The van der Waals surface area contributed by atoms with Crippen LogP contribution in [-0.2, 0) is 11.4 Å². The highest BCUT2D eigenvalue weighted by Crippen LogP contribution is 2.31. The van der Waals surface area contributed by atoms with Crippen molar-refractivity contribution >= 4 is 22.7 Å². The van der Waals surface area contributed by atoms with Crippen LogP contribution in [0.5, 0.6) is 5.75 Å². The van der Waals surface area contributed by atoms with Crippen molar-refractivity contribution in [3.05, 3.63) is 71.4 Å². The second kappa shape index (κ2) is 10.6. The smallest absolute Gasteiger partial charge is 0.251 e. The lowest BCUT2D eigenvalue weighted by Gasteiger charge is -2.37. The number of amides is 2. The van der Waals surface area contributed by atoms with Crippen molar-refractivity contribution in [2.24, 2.45) is 11.8 Å². The van der Waals surface area contributed by atoms with Gasteiger partial charge in [-0.25, -0.2) is 5.48 Å². The summed E-state index contributed by atoms with van der Waals surface area (Å²) < 4.78 is 6.01. The minimum absolute atomic E-state index is 0.242. The van der Waals surface area contributed by atoms with Crippen molar-refractivity contribution in [3.63, 3.8) is 0 Å². The van der Waals surface area contributed by atoms with Crippen molar-refractivity contribution in [2.75, 3.05) is 19.6 Å². The van der Waals surface area contributed by atoms with Crippen molar-refractivity contribution in [2.45, 2.75) is 38.8 Å². The molecule has 3 N–H and O–H groups in total. The van der Waals surface area contributed by atoms with Crippen LogP contribution < -0.4 is 15.5 Å². The van der Waals surface area contributed by atoms with Crippen LogP contribution in [0.1, 0.15) is 40.9 Å². The number of nitrogens with one attached hydrogen (secondary N) is 2. The molecule has 0 radical (unpaired) electrons. The number of para-hydroxylation sites is 1. The number of benzene rings is 2. The molecule has 1 saturated heterocycles. The average Bonchev–Trinajstić information content (AvgIpc) is 3.72. The Labute approximate surface area is 210 Å². The monoisotopic (exact) mass is 488 g/mol. The summed E-state index contributed by atoms with van der Waals surface area (Å²) in [5.41, 5.74) is 5.21. The number of carbonyl (C=O) groups is 2. The van der Waals surface area contributed by atoms with E-state index in [1.54, 1.807) is 29.7 Å². The van der Waals surface area contributed by atoms with E-state index >= 15 is 0 Å². The molecule has 8 nitrogen and oxygen atoms in total. The maximum atomic E-state index is 12.9. The van der Waals surface area contributed by atoms with E-state index in [2.05, 4.69) is 15.2 Å². The first-order valence-electron chi connectivity index (χ1n) is 12.6. The molecule has 1 saturated carbocycles. The summed E-state index contributed by atoms with van der Waals surface area (Å²) in [7, 11) is 0. The van der Waals surface area contributed by atoms with Gasteiger partial charge >= 0.3 is 0 Å². The molecule has 36 heavy (non-hydrogen) atoms. The lowest BCUT2D eigenvalue weighted by atomic mass is 9.90. The number of fused-ring (bicyclic) bond motifs is 1. The highest BCUT2D eigenvalue weighted by atomic mass is 16.5. The van der Waals surface area contributed by atoms with Gasteiger partial charge in [0.05, 0.1) is 11.4 Å². The first-order chi connectivity index (χ1) is 17.5. The molecule has 2 amide bonds. The number of likely N-dealkylation sites (tertiary alicyclic amines) is 1. The van der Waals surface area contributed by atoms with Gasteiger partial charge in [0, 0.05) is 47.9 Å². The van der Waals surface area contributed by atoms with E-state index in [9.17, 15) is 14.8 Å². The first-order valence-corrected chi connectivity index (χ1v) is 12.6. The van der Waals surface area contributed by atoms with Gasteiger partial charge in [-0.3, -0.25) is 19.8 Å². The Bertz CT molecular complexity index is 1240. The Kier molecular flexibility index (Phi) is 7.16. The largest absolute Gasteiger partial charge is 0.489 e. The molecule has 2 aliphatic rings. The van der Waals surface area contributed by atoms with Crippen LogP contribution in [0.3, 0.4) is 0 Å². The van der Waals surface area contributed by atoms with Crippen LogP contribution in [0.25, 0.3) is 10.9 Å². The van der Waals surface area contributed by atoms with Crippen molar-refractivity contribution in [3.8, 4) is 5.75 Å². The third kappa shape index (κ3) is 5.66. The van der Waals surface area contributed by atoms with E-state index in [1.165, 1.54) is 12.8 Å². The predicted octanol–water partition coefficient (Wildman–Crippen LogP) is 3.46. The van der Waals surface area contributed by atoms with E-state index < -0.39 is 11.8 Å². The average molecular weight is 489 g/mol. The van der Waals surface area contributed by atoms with Crippen LogP contribution in [0, 0.1) is 18.8 Å². The molecule has 1 unspecified atom stereocenters. The highest BCUT2D eigenvalue weighted by Gasteiger charge is 2.37. The van der Waals surface area contributed by atoms with Gasteiger partial charge in [-0.1, -0.05) is 18.2 Å². The number of rotatable bonds is 8. The summed E-state index contributed by atoms with van der Waals surface area (Å²) >= 11 is 0. The zero-order valence-corrected chi connectivity index (χ0v) is 20.4. The van der Waals surface area contributed by atoms with Crippen LogP contribution >= 0.6 is 0 Å². The van der Waals surface area contributed by atoms with Gasteiger partial charge in [-0.15, -0.1) is 0 Å². The van der Waals surface area contributed by atoms with Gasteiger partial charge < -0.3 is 15.0 Å². The number of carbonyl (C=O) groups excluding carboxylic acids is 2. The second-order valence-electron chi connectivity index (χ2n) is 9.91. The number of aryl methyl sites for hydroxylation is 1. The number of hydrogen-bond acceptors (Lipinski definition) is 6. The fourth-order valence-electron chi connectivity index (χ4n) is 5.00. The highest BCUT2D eigenvalue weighted by molar-refractivity contribution is 5.95. The third-order valence-corrected chi connectivity index (χ3v) is 7.11. The quantitative estimate of drug-likeness (QED) is 0.331. The Morgan fingerprint density at radius 2 is 1.89 bits per heavy atom. The topological polar surface area (TPSA) is 104 Å². The fourth-order valence-corrected chi connectivity index (χ4v) is 5.00. The van der Waals surface area contributed by atoms with E-state index in [4.69, 9.17) is 4.74 Å². The van der Waals surface area contributed by atoms with Crippen LogP contribution in [0.4, 0.5) is 0 Å². The minimum atomic E-state index is -0.493. The molecule has 188 valence electrons. The molecule has 2 aromatic carbocycles. The van der Waals surface area contributed by atoms with Gasteiger partial charge in [0.1, 0.15) is 12.4 Å². The standard InChI is InChI=1S/C28H32N4O4/c1-18-14-21(23-4-2-3-5-25(23)29-18)17-36-22-10-8-20(9-11-22)27(33)30-26-12-13-32(15-19-6-7-19)16-24(26)28(34)31-35/h2-5,8-11,14,19,24,26,35H,6-7,12-13,15-17H2,1H3,(H,30,33)(H,31,34)/t24?,26-/m1/s1. The van der Waals surface area contributed by atoms with Gasteiger partial charge in [0.25, 0.3) is 5.91 Å². The molecule has 5 rings (SSSR count). The van der Waals surface area contributed by atoms with Crippen LogP contribution in [-0.4, -0.2) is 52.6 Å². The summed E-state index contributed by atoms with van der Waals surface area (Å²) in [5.74, 6) is 0.192. The number of ether oxygens (including phenoxy) is 1. The molecule has 2 fully saturated rings. The lowest BCUT2D eigenvalue weighted by molar-refractivity contribution is -0.136. The second-order valence-corrected chi connectivity index (χ2v) is 9.91. The van der Waals surface area contributed by atoms with Gasteiger partial charge in [-0.2, -0.15) is 0 Å². The summed E-state index contributed by atoms with van der Waals surface area (Å²) in [6.07, 6.45) is 3.15. The zero-order chi connectivity index (χ0) is 25.1. The summed E-state index contributed by atoms with van der Waals surface area (Å²) in [6.45, 7) is 4.70. The normalized spacial score (nSPS) is 20.2. The predicted molar refractivity (Wildman–Crippen MR) is 136 cm³/mol. The number of pyridine rings is 1. The van der Waals surface area contributed by atoms with Crippen molar-refractivity contribution in [1.29, 1.82) is 0 Å². The minimum Gasteiger partial charge on any atom is -0.489 e. The Balaban J connectivity index is 1.20. The van der Waals surface area contributed by atoms with Gasteiger partial charge in [-0.05, 0) is 68.5 Å². The number of hydroxylamine groups is 1. The van der Waals surface area contributed by atoms with E-state index in [-0.39, 0.29) is 11.9 Å². The summed E-state index contributed by atoms with van der Waals surface area (Å²) in [5, 5.41) is 13.3. The Morgan fingerprint density at radius 3 is 2.64 bits per heavy atom. The number of hydrogen-bond donors (Lipinski definition) is 3. The molecule has 2 atom stereocenters. The molecular formula is C28H32N4O4. The van der Waals surface area contributed by atoms with E-state index in [0.29, 0.717) is 30.9 Å². The maximum Gasteiger partial charge on any atom is 0.251 e. The third-order valence-electron chi connectivity index (χ3n) is 7.11. The number of nitrogens with zero attached hydrogens (tertiary/aromatic N) is 2. The van der Waals surface area contributed by atoms with Crippen LogP contribution in [0.2, 0.25) is 0 Å².